The van der Waals surface area contributed by atoms with Crippen LogP contribution in [0, 0.1) is 5.92 Å². The van der Waals surface area contributed by atoms with Crippen molar-refractivity contribution in [1.29, 1.82) is 0 Å². The first-order chi connectivity index (χ1) is 10.3. The molecule has 2 aliphatic rings. The summed E-state index contributed by atoms with van der Waals surface area (Å²) in [5.74, 6) is 1.38. The summed E-state index contributed by atoms with van der Waals surface area (Å²) in [5.41, 5.74) is 1.36. The molecule has 1 aromatic rings. The molecule has 114 valence electrons. The zero-order valence-electron chi connectivity index (χ0n) is 12.6. The molecule has 0 atom stereocenters. The molecule has 1 aromatic heterocycles. The van der Waals surface area contributed by atoms with Gasteiger partial charge in [-0.15, -0.1) is 0 Å². The first kappa shape index (κ1) is 14.3. The second kappa shape index (κ2) is 6.41. The first-order valence-electron chi connectivity index (χ1n) is 7.97. The van der Waals surface area contributed by atoms with Gasteiger partial charge in [0.25, 0.3) is 0 Å². The van der Waals surface area contributed by atoms with E-state index in [1.165, 1.54) is 39.2 Å². The Kier molecular flexibility index (Phi) is 4.36. The molecule has 0 radical (unpaired) electrons. The van der Waals surface area contributed by atoms with Crippen LogP contribution in [0.1, 0.15) is 67.0 Å². The number of ether oxygens (including phenoxy) is 1. The lowest BCUT2D eigenvalue weighted by molar-refractivity contribution is 0.0593. The summed E-state index contributed by atoms with van der Waals surface area (Å²) in [6, 6.07) is 1.81. The van der Waals surface area contributed by atoms with Gasteiger partial charge in [0, 0.05) is 18.2 Å². The van der Waals surface area contributed by atoms with E-state index in [1.54, 1.807) is 0 Å². The first-order valence-corrected chi connectivity index (χ1v) is 7.97. The van der Waals surface area contributed by atoms with Gasteiger partial charge >= 0.3 is 5.97 Å². The molecule has 0 aromatic carbocycles. The average Bonchev–Trinajstić information content (AvgIpc) is 3.37. The molecule has 0 unspecified atom stereocenters. The fourth-order valence-electron chi connectivity index (χ4n) is 2.92. The topological polar surface area (TPSA) is 64.1 Å². The predicted octanol–water partition coefficient (Wildman–Crippen LogP) is 3.13. The zero-order valence-corrected chi connectivity index (χ0v) is 12.6. The van der Waals surface area contributed by atoms with E-state index in [9.17, 15) is 4.79 Å². The van der Waals surface area contributed by atoms with E-state index in [2.05, 4.69) is 15.3 Å². The van der Waals surface area contributed by atoms with Crippen LogP contribution in [0.2, 0.25) is 0 Å². The molecule has 0 amide bonds. The Labute approximate surface area is 125 Å². The molecule has 0 saturated heterocycles. The van der Waals surface area contributed by atoms with Gasteiger partial charge in [-0.3, -0.25) is 0 Å². The second-order valence-corrected chi connectivity index (χ2v) is 6.15. The Morgan fingerprint density at radius 2 is 2.00 bits per heavy atom. The molecule has 1 heterocycles. The quantitative estimate of drug-likeness (QED) is 0.844. The van der Waals surface area contributed by atoms with Gasteiger partial charge in [-0.05, 0) is 37.7 Å². The van der Waals surface area contributed by atoms with E-state index < -0.39 is 0 Å². The van der Waals surface area contributed by atoms with Crippen LogP contribution in [0.5, 0.6) is 0 Å². The summed E-state index contributed by atoms with van der Waals surface area (Å²) in [5, 5.41) is 3.28. The van der Waals surface area contributed by atoms with Crippen molar-refractivity contribution < 1.29 is 9.53 Å². The summed E-state index contributed by atoms with van der Waals surface area (Å²) in [6.45, 7) is 0.898. The highest BCUT2D eigenvalue weighted by atomic mass is 16.5. The van der Waals surface area contributed by atoms with Crippen molar-refractivity contribution in [3.8, 4) is 0 Å². The van der Waals surface area contributed by atoms with Crippen molar-refractivity contribution in [3.05, 3.63) is 17.5 Å². The minimum absolute atomic E-state index is 0.367. The number of carbonyl (C=O) groups excluding carboxylic acids is 1. The number of aromatic nitrogens is 2. The number of nitrogens with zero attached hydrogens (tertiary/aromatic N) is 2. The van der Waals surface area contributed by atoms with Crippen LogP contribution in [-0.4, -0.2) is 29.6 Å². The van der Waals surface area contributed by atoms with Crippen LogP contribution in [0.15, 0.2) is 6.07 Å². The monoisotopic (exact) mass is 289 g/mol. The summed E-state index contributed by atoms with van der Waals surface area (Å²) in [7, 11) is 1.39. The van der Waals surface area contributed by atoms with Gasteiger partial charge in [-0.25, -0.2) is 14.8 Å². The van der Waals surface area contributed by atoms with E-state index in [-0.39, 0.29) is 5.97 Å². The lowest BCUT2D eigenvalue weighted by atomic mass is 9.86. The van der Waals surface area contributed by atoms with Gasteiger partial charge in [0.05, 0.1) is 7.11 Å². The molecule has 21 heavy (non-hydrogen) atoms. The maximum Gasteiger partial charge on any atom is 0.356 e. The van der Waals surface area contributed by atoms with Crippen LogP contribution in [-0.2, 0) is 4.74 Å². The summed E-state index contributed by atoms with van der Waals surface area (Å²) >= 11 is 0. The molecule has 3 rings (SSSR count). The van der Waals surface area contributed by atoms with Crippen LogP contribution >= 0.6 is 0 Å². The Morgan fingerprint density at radius 3 is 2.67 bits per heavy atom. The summed E-state index contributed by atoms with van der Waals surface area (Å²) < 4.78 is 4.81. The molecule has 5 nitrogen and oxygen atoms in total. The number of hydrogen-bond acceptors (Lipinski definition) is 5. The van der Waals surface area contributed by atoms with E-state index in [1.807, 2.05) is 6.07 Å². The van der Waals surface area contributed by atoms with Gasteiger partial charge in [-0.2, -0.15) is 0 Å². The lowest BCUT2D eigenvalue weighted by Gasteiger charge is -2.21. The fourth-order valence-corrected chi connectivity index (χ4v) is 2.92. The lowest BCUT2D eigenvalue weighted by Crippen LogP contribution is -2.15. The highest BCUT2D eigenvalue weighted by molar-refractivity contribution is 5.87. The van der Waals surface area contributed by atoms with Gasteiger partial charge in [-0.1, -0.05) is 19.3 Å². The second-order valence-electron chi connectivity index (χ2n) is 6.15. The minimum Gasteiger partial charge on any atom is -0.464 e. The van der Waals surface area contributed by atoms with E-state index in [0.29, 0.717) is 17.6 Å². The Balaban J connectivity index is 1.81. The standard InChI is InChI=1S/C16H23N3O2/c1-21-15(20)14-9-13(12-5-3-2-4-6-12)18-16(19-14)17-10-11-7-8-11/h9,11-12H,2-8,10H2,1H3,(H,17,18,19). The Bertz CT molecular complexity index is 508. The molecule has 0 bridgehead atoms. The van der Waals surface area contributed by atoms with E-state index in [4.69, 9.17) is 4.74 Å². The average molecular weight is 289 g/mol. The SMILES string of the molecule is COC(=O)c1cc(C2CCCCC2)nc(NCC2CC2)n1. The third-order valence-electron chi connectivity index (χ3n) is 4.41. The minimum atomic E-state index is -0.385. The van der Waals surface area contributed by atoms with E-state index >= 15 is 0 Å². The number of nitrogens with one attached hydrogen (secondary N) is 1. The predicted molar refractivity (Wildman–Crippen MR) is 80.4 cm³/mol. The molecule has 0 spiro atoms. The normalized spacial score (nSPS) is 19.3. The number of hydrogen-bond donors (Lipinski definition) is 1. The molecular formula is C16H23N3O2. The molecular weight excluding hydrogens is 266 g/mol. The maximum atomic E-state index is 11.8. The Hall–Kier alpha value is -1.65. The number of rotatable bonds is 5. The highest BCUT2D eigenvalue weighted by Gasteiger charge is 2.23. The van der Waals surface area contributed by atoms with E-state index in [0.717, 1.165) is 31.0 Å². The van der Waals surface area contributed by atoms with Gasteiger partial charge in [0.2, 0.25) is 5.95 Å². The highest BCUT2D eigenvalue weighted by Crippen LogP contribution is 2.32. The van der Waals surface area contributed by atoms with Gasteiger partial charge < -0.3 is 10.1 Å². The number of methoxy groups -OCH3 is 1. The number of anilines is 1. The van der Waals surface area contributed by atoms with Crippen LogP contribution < -0.4 is 5.32 Å². The number of carbonyl (C=O) groups is 1. The largest absolute Gasteiger partial charge is 0.464 e. The molecule has 5 heteroatoms. The van der Waals surface area contributed by atoms with Crippen molar-refractivity contribution in [3.63, 3.8) is 0 Å². The van der Waals surface area contributed by atoms with Crippen LogP contribution in [0.3, 0.4) is 0 Å². The third-order valence-corrected chi connectivity index (χ3v) is 4.41. The van der Waals surface area contributed by atoms with Gasteiger partial charge in [0.1, 0.15) is 0 Å². The number of esters is 1. The molecule has 2 saturated carbocycles. The van der Waals surface area contributed by atoms with Gasteiger partial charge in [0.15, 0.2) is 5.69 Å². The Morgan fingerprint density at radius 1 is 1.24 bits per heavy atom. The van der Waals surface area contributed by atoms with Crippen molar-refractivity contribution >= 4 is 11.9 Å². The molecule has 1 N–H and O–H groups in total. The summed E-state index contributed by atoms with van der Waals surface area (Å²) in [4.78, 5) is 20.8. The fraction of sp³-hybridized carbons (Fsp3) is 0.688. The molecule has 0 aliphatic heterocycles. The molecule has 2 fully saturated rings. The van der Waals surface area contributed by atoms with Crippen molar-refractivity contribution in [1.82, 2.24) is 9.97 Å². The van der Waals surface area contributed by atoms with Crippen LogP contribution in [0.25, 0.3) is 0 Å². The van der Waals surface area contributed by atoms with Crippen molar-refractivity contribution in [2.75, 3.05) is 19.0 Å². The molecule has 2 aliphatic carbocycles. The maximum absolute atomic E-state index is 11.8. The third kappa shape index (κ3) is 3.71. The van der Waals surface area contributed by atoms with Crippen molar-refractivity contribution in [2.24, 2.45) is 5.92 Å². The summed E-state index contributed by atoms with van der Waals surface area (Å²) in [6.07, 6.45) is 8.65. The zero-order chi connectivity index (χ0) is 14.7. The smallest absolute Gasteiger partial charge is 0.356 e. The van der Waals surface area contributed by atoms with Crippen molar-refractivity contribution in [2.45, 2.75) is 50.9 Å². The van der Waals surface area contributed by atoms with Crippen LogP contribution in [0.4, 0.5) is 5.95 Å².